The predicted octanol–water partition coefficient (Wildman–Crippen LogP) is 2.84. The molecule has 5 aliphatic rings. The van der Waals surface area contributed by atoms with Crippen LogP contribution in [0, 0.1) is 46.3 Å². The molecule has 0 aliphatic heterocycles. The van der Waals surface area contributed by atoms with E-state index in [0.717, 1.165) is 51.4 Å². The largest absolute Gasteiger partial charge is 0.396 e. The maximum Gasteiger partial charge on any atom is 0.159 e. The molecule has 6 rings (SSSR count). The smallest absolute Gasteiger partial charge is 0.159 e. The summed E-state index contributed by atoms with van der Waals surface area (Å²) in [5, 5.41) is 29.7. The third kappa shape index (κ3) is 2.46. The van der Waals surface area contributed by atoms with Crippen molar-refractivity contribution in [1.82, 2.24) is 15.0 Å². The van der Waals surface area contributed by atoms with Crippen LogP contribution in [0.4, 0.5) is 0 Å². The number of Topliss-reactive ketones (excluding diaryl/α,β-unsaturated/α-hetero) is 1. The van der Waals surface area contributed by atoms with Gasteiger partial charge in [-0.05, 0) is 98.2 Å². The van der Waals surface area contributed by atoms with Gasteiger partial charge < -0.3 is 10.2 Å². The van der Waals surface area contributed by atoms with E-state index in [2.05, 4.69) is 17.1 Å². The molecule has 1 unspecified atom stereocenters. The number of nitrogens with zero attached hydrogens (tertiary/aromatic N) is 3. The third-order valence-electron chi connectivity index (χ3n) is 10.8. The first-order chi connectivity index (χ1) is 14.4. The molecule has 0 aromatic carbocycles. The van der Waals surface area contributed by atoms with Gasteiger partial charge >= 0.3 is 0 Å². The summed E-state index contributed by atoms with van der Waals surface area (Å²) in [6.45, 7) is 2.94. The lowest BCUT2D eigenvalue weighted by Gasteiger charge is -2.61. The first-order valence-corrected chi connectivity index (χ1v) is 12.1. The summed E-state index contributed by atoms with van der Waals surface area (Å²) in [7, 11) is 0. The lowest BCUT2D eigenvalue weighted by molar-refractivity contribution is -0.159. The molecule has 5 saturated carbocycles. The normalized spacial score (nSPS) is 51.4. The molecule has 6 nitrogen and oxygen atoms in total. The molecule has 9 atom stereocenters. The zero-order valence-corrected chi connectivity index (χ0v) is 18.0. The molecule has 0 spiro atoms. The highest BCUT2D eigenvalue weighted by molar-refractivity contribution is 5.82. The second kappa shape index (κ2) is 6.38. The van der Waals surface area contributed by atoms with Crippen molar-refractivity contribution < 1.29 is 15.0 Å². The van der Waals surface area contributed by atoms with Gasteiger partial charge in [-0.3, -0.25) is 4.79 Å². The van der Waals surface area contributed by atoms with Crippen LogP contribution >= 0.6 is 0 Å². The van der Waals surface area contributed by atoms with Crippen LogP contribution in [0.3, 0.4) is 0 Å². The Balaban J connectivity index is 1.25. The SMILES string of the molecule is C[C@]12CC[C@H]3[C@@H](CC[C@H]4C5C[C@@]5(O)CC[C@@]43CO)[C@@H]1CC[C@@H]2C(=O)Cn1nccn1. The summed E-state index contributed by atoms with van der Waals surface area (Å²) in [5.41, 5.74) is -0.326. The molecule has 0 saturated heterocycles. The van der Waals surface area contributed by atoms with Crippen LogP contribution in [0.15, 0.2) is 12.4 Å². The Kier molecular flexibility index (Phi) is 4.13. The molecule has 0 bridgehead atoms. The lowest BCUT2D eigenvalue weighted by Crippen LogP contribution is -2.57. The Morgan fingerprint density at radius 3 is 2.53 bits per heavy atom. The van der Waals surface area contributed by atoms with Gasteiger partial charge in [0.15, 0.2) is 5.78 Å². The number of aliphatic hydroxyl groups is 2. The van der Waals surface area contributed by atoms with E-state index in [-0.39, 0.29) is 29.9 Å². The van der Waals surface area contributed by atoms with E-state index in [4.69, 9.17) is 0 Å². The van der Waals surface area contributed by atoms with Gasteiger partial charge in [0.2, 0.25) is 0 Å². The van der Waals surface area contributed by atoms with E-state index in [1.807, 2.05) is 0 Å². The molecule has 0 radical (unpaired) electrons. The number of ketones is 1. The number of rotatable bonds is 4. The number of fused-ring (bicyclic) bond motifs is 7. The number of aromatic nitrogens is 3. The van der Waals surface area contributed by atoms with Gasteiger partial charge in [0.1, 0.15) is 6.54 Å². The fourth-order valence-electron chi connectivity index (χ4n) is 9.30. The number of carbonyl (C=O) groups excluding carboxylic acids is 1. The van der Waals surface area contributed by atoms with Gasteiger partial charge in [0.05, 0.1) is 18.0 Å². The number of aliphatic hydroxyl groups excluding tert-OH is 1. The van der Waals surface area contributed by atoms with Gasteiger partial charge in [-0.25, -0.2) is 0 Å². The molecular weight excluding hydrogens is 378 g/mol. The van der Waals surface area contributed by atoms with Crippen LogP contribution in [-0.4, -0.2) is 43.2 Å². The minimum Gasteiger partial charge on any atom is -0.396 e. The van der Waals surface area contributed by atoms with Crippen molar-refractivity contribution in [3.05, 3.63) is 12.4 Å². The zero-order chi connectivity index (χ0) is 20.7. The summed E-state index contributed by atoms with van der Waals surface area (Å²) in [4.78, 5) is 14.7. The minimum absolute atomic E-state index is 0.0126. The lowest BCUT2D eigenvalue weighted by atomic mass is 9.44. The Morgan fingerprint density at radius 2 is 1.77 bits per heavy atom. The summed E-state index contributed by atoms with van der Waals surface area (Å²) in [5.74, 6) is 3.09. The highest BCUT2D eigenvalue weighted by atomic mass is 16.3. The molecule has 1 heterocycles. The molecule has 5 fully saturated rings. The molecule has 0 amide bonds. The Hall–Kier alpha value is -1.27. The van der Waals surface area contributed by atoms with Crippen molar-refractivity contribution in [3.8, 4) is 0 Å². The van der Waals surface area contributed by atoms with Gasteiger partial charge in [-0.1, -0.05) is 6.92 Å². The molecular formula is C24H35N3O3. The predicted molar refractivity (Wildman–Crippen MR) is 110 cm³/mol. The first kappa shape index (κ1) is 19.4. The average Bonchev–Trinajstić information content (AvgIpc) is 3.04. The molecule has 1 aromatic heterocycles. The van der Waals surface area contributed by atoms with Crippen molar-refractivity contribution in [2.75, 3.05) is 6.61 Å². The summed E-state index contributed by atoms with van der Waals surface area (Å²) in [6, 6.07) is 0. The maximum atomic E-state index is 13.2. The van der Waals surface area contributed by atoms with Crippen molar-refractivity contribution in [1.29, 1.82) is 0 Å². The van der Waals surface area contributed by atoms with Gasteiger partial charge in [0, 0.05) is 12.5 Å². The molecule has 6 heteroatoms. The summed E-state index contributed by atoms with van der Waals surface area (Å²) < 4.78 is 0. The second-order valence-electron chi connectivity index (χ2n) is 11.6. The quantitative estimate of drug-likeness (QED) is 0.792. The van der Waals surface area contributed by atoms with E-state index >= 15 is 0 Å². The fraction of sp³-hybridized carbons (Fsp3) is 0.875. The second-order valence-corrected chi connectivity index (χ2v) is 11.6. The standard InChI is InChI=1S/C24H35N3O3/c1-22-7-6-17-15(2-3-18-20-12-24(20,30)9-8-23(17,18)14-28)16(22)4-5-19(22)21(29)13-27-25-10-11-26-27/h10-11,15-20,28,30H,2-9,12-14H2,1H3/t15-,16-,17-,18-,19+,20?,22-,23-,24-/m0/s1. The van der Waals surface area contributed by atoms with Gasteiger partial charge in [-0.15, -0.1) is 0 Å². The van der Waals surface area contributed by atoms with E-state index in [1.165, 1.54) is 11.2 Å². The Morgan fingerprint density at radius 1 is 1.00 bits per heavy atom. The highest BCUT2D eigenvalue weighted by Gasteiger charge is 2.70. The van der Waals surface area contributed by atoms with Crippen molar-refractivity contribution in [3.63, 3.8) is 0 Å². The molecule has 30 heavy (non-hydrogen) atoms. The molecule has 5 aliphatic carbocycles. The van der Waals surface area contributed by atoms with E-state index < -0.39 is 5.60 Å². The Bertz CT molecular complexity index is 843. The number of carbonyl (C=O) groups is 1. The number of hydrogen-bond donors (Lipinski definition) is 2. The fourth-order valence-corrected chi connectivity index (χ4v) is 9.30. The molecule has 164 valence electrons. The van der Waals surface area contributed by atoms with Crippen LogP contribution in [-0.2, 0) is 11.3 Å². The summed E-state index contributed by atoms with van der Waals surface area (Å²) in [6.07, 6.45) is 12.8. The van der Waals surface area contributed by atoms with Gasteiger partial charge in [-0.2, -0.15) is 15.0 Å². The van der Waals surface area contributed by atoms with Crippen LogP contribution < -0.4 is 0 Å². The Labute approximate surface area is 178 Å². The van der Waals surface area contributed by atoms with Crippen molar-refractivity contribution >= 4 is 5.78 Å². The minimum atomic E-state index is -0.412. The molecule has 1 aromatic rings. The van der Waals surface area contributed by atoms with Gasteiger partial charge in [0.25, 0.3) is 0 Å². The van der Waals surface area contributed by atoms with Crippen LogP contribution in [0.2, 0.25) is 0 Å². The third-order valence-corrected chi connectivity index (χ3v) is 10.8. The topological polar surface area (TPSA) is 88.2 Å². The molecule has 2 N–H and O–H groups in total. The van der Waals surface area contributed by atoms with Crippen molar-refractivity contribution in [2.24, 2.45) is 46.3 Å². The van der Waals surface area contributed by atoms with E-state index in [1.54, 1.807) is 12.4 Å². The zero-order valence-electron chi connectivity index (χ0n) is 18.0. The average molecular weight is 414 g/mol. The highest BCUT2D eigenvalue weighted by Crippen LogP contribution is 2.72. The maximum absolute atomic E-state index is 13.2. The monoisotopic (exact) mass is 413 g/mol. The van der Waals surface area contributed by atoms with Crippen LogP contribution in [0.25, 0.3) is 0 Å². The van der Waals surface area contributed by atoms with Crippen LogP contribution in [0.1, 0.15) is 64.7 Å². The van der Waals surface area contributed by atoms with E-state index in [9.17, 15) is 15.0 Å². The van der Waals surface area contributed by atoms with Crippen molar-refractivity contribution in [2.45, 2.75) is 76.9 Å². The van der Waals surface area contributed by atoms with Crippen LogP contribution in [0.5, 0.6) is 0 Å². The number of hydrogen-bond acceptors (Lipinski definition) is 5. The van der Waals surface area contributed by atoms with E-state index in [0.29, 0.717) is 35.4 Å². The first-order valence-electron chi connectivity index (χ1n) is 12.1. The summed E-state index contributed by atoms with van der Waals surface area (Å²) >= 11 is 0.